The second-order valence-corrected chi connectivity index (χ2v) is 7.16. The molecule has 25 heavy (non-hydrogen) atoms. The SMILES string of the molecule is O=C(Cc1ccc([N+](=O)[O-])cc1)NCC(c1cccs1)N1CCCC1. The number of benzene rings is 1. The molecule has 1 aromatic heterocycles. The van der Waals surface area contributed by atoms with Gasteiger partial charge in [0.2, 0.25) is 5.91 Å². The summed E-state index contributed by atoms with van der Waals surface area (Å²) in [7, 11) is 0. The molecular formula is C18H21N3O3S. The second-order valence-electron chi connectivity index (χ2n) is 6.18. The molecule has 0 aliphatic carbocycles. The minimum Gasteiger partial charge on any atom is -0.354 e. The Morgan fingerprint density at radius 3 is 2.56 bits per heavy atom. The van der Waals surface area contributed by atoms with Gasteiger partial charge in [0.15, 0.2) is 0 Å². The lowest BCUT2D eigenvalue weighted by molar-refractivity contribution is -0.384. The highest BCUT2D eigenvalue weighted by Crippen LogP contribution is 2.27. The van der Waals surface area contributed by atoms with Crippen molar-refractivity contribution in [3.05, 3.63) is 62.3 Å². The van der Waals surface area contributed by atoms with Crippen LogP contribution in [-0.2, 0) is 11.2 Å². The molecular weight excluding hydrogens is 338 g/mol. The van der Waals surface area contributed by atoms with E-state index in [4.69, 9.17) is 0 Å². The zero-order chi connectivity index (χ0) is 17.6. The quantitative estimate of drug-likeness (QED) is 0.609. The molecule has 0 bridgehead atoms. The molecule has 1 saturated heterocycles. The van der Waals surface area contributed by atoms with E-state index in [2.05, 4.69) is 21.7 Å². The lowest BCUT2D eigenvalue weighted by Gasteiger charge is -2.26. The first kappa shape index (κ1) is 17.6. The highest BCUT2D eigenvalue weighted by molar-refractivity contribution is 7.10. The van der Waals surface area contributed by atoms with Crippen molar-refractivity contribution in [2.45, 2.75) is 25.3 Å². The summed E-state index contributed by atoms with van der Waals surface area (Å²) in [6.45, 7) is 2.73. The summed E-state index contributed by atoms with van der Waals surface area (Å²) in [6.07, 6.45) is 2.65. The van der Waals surface area contributed by atoms with Crippen LogP contribution in [-0.4, -0.2) is 35.4 Å². The predicted octanol–water partition coefficient (Wildman–Crippen LogP) is 3.15. The molecule has 132 valence electrons. The molecule has 1 atom stereocenters. The van der Waals surface area contributed by atoms with Gasteiger partial charge in [-0.15, -0.1) is 11.3 Å². The van der Waals surface area contributed by atoms with E-state index >= 15 is 0 Å². The first-order chi connectivity index (χ1) is 12.1. The largest absolute Gasteiger partial charge is 0.354 e. The first-order valence-electron chi connectivity index (χ1n) is 8.41. The van der Waals surface area contributed by atoms with Crippen LogP contribution in [0.15, 0.2) is 41.8 Å². The number of carbonyl (C=O) groups is 1. The number of non-ortho nitro benzene ring substituents is 1. The van der Waals surface area contributed by atoms with Crippen molar-refractivity contribution >= 4 is 22.9 Å². The smallest absolute Gasteiger partial charge is 0.269 e. The van der Waals surface area contributed by atoms with Gasteiger partial charge in [-0.25, -0.2) is 0 Å². The molecule has 2 aromatic rings. The van der Waals surface area contributed by atoms with E-state index in [1.807, 2.05) is 6.07 Å². The average molecular weight is 359 g/mol. The topological polar surface area (TPSA) is 75.5 Å². The fourth-order valence-corrected chi connectivity index (χ4v) is 4.00. The molecule has 0 spiro atoms. The highest BCUT2D eigenvalue weighted by Gasteiger charge is 2.24. The molecule has 0 saturated carbocycles. The Bertz CT molecular complexity index is 710. The van der Waals surface area contributed by atoms with Crippen LogP contribution in [0.2, 0.25) is 0 Å². The molecule has 2 heterocycles. The van der Waals surface area contributed by atoms with Crippen LogP contribution in [0.3, 0.4) is 0 Å². The Balaban J connectivity index is 1.57. The number of nitro benzene ring substituents is 1. The first-order valence-corrected chi connectivity index (χ1v) is 9.29. The maximum Gasteiger partial charge on any atom is 0.269 e. The Labute approximate surface area is 150 Å². The maximum atomic E-state index is 12.3. The fourth-order valence-electron chi connectivity index (χ4n) is 3.14. The third-order valence-electron chi connectivity index (χ3n) is 4.46. The lowest BCUT2D eigenvalue weighted by Crippen LogP contribution is -2.37. The van der Waals surface area contributed by atoms with Crippen LogP contribution in [0.25, 0.3) is 0 Å². The third-order valence-corrected chi connectivity index (χ3v) is 5.43. The normalized spacial score (nSPS) is 15.8. The maximum absolute atomic E-state index is 12.3. The molecule has 1 N–H and O–H groups in total. The van der Waals surface area contributed by atoms with Crippen molar-refractivity contribution in [2.75, 3.05) is 19.6 Å². The Morgan fingerprint density at radius 1 is 1.24 bits per heavy atom. The van der Waals surface area contributed by atoms with Gasteiger partial charge in [-0.05, 0) is 42.9 Å². The molecule has 3 rings (SSSR count). The van der Waals surface area contributed by atoms with Gasteiger partial charge in [-0.1, -0.05) is 18.2 Å². The minimum absolute atomic E-state index is 0.0379. The van der Waals surface area contributed by atoms with E-state index in [9.17, 15) is 14.9 Å². The van der Waals surface area contributed by atoms with Crippen molar-refractivity contribution in [1.82, 2.24) is 10.2 Å². The Kier molecular flexibility index (Phi) is 5.78. The van der Waals surface area contributed by atoms with Crippen LogP contribution < -0.4 is 5.32 Å². The minimum atomic E-state index is -0.439. The predicted molar refractivity (Wildman–Crippen MR) is 97.7 cm³/mol. The molecule has 1 aromatic carbocycles. The summed E-state index contributed by atoms with van der Waals surface area (Å²) in [6, 6.07) is 10.5. The van der Waals surface area contributed by atoms with Gasteiger partial charge in [-0.3, -0.25) is 19.8 Å². The zero-order valence-electron chi connectivity index (χ0n) is 13.9. The van der Waals surface area contributed by atoms with Crippen LogP contribution in [0.4, 0.5) is 5.69 Å². The fraction of sp³-hybridized carbons (Fsp3) is 0.389. The highest BCUT2D eigenvalue weighted by atomic mass is 32.1. The number of amides is 1. The molecule has 1 fully saturated rings. The average Bonchev–Trinajstić information content (AvgIpc) is 3.29. The molecule has 7 heteroatoms. The van der Waals surface area contributed by atoms with Crippen molar-refractivity contribution in [2.24, 2.45) is 0 Å². The number of nitrogens with one attached hydrogen (secondary N) is 1. The van der Waals surface area contributed by atoms with Crippen molar-refractivity contribution in [1.29, 1.82) is 0 Å². The van der Waals surface area contributed by atoms with Gasteiger partial charge < -0.3 is 5.32 Å². The number of hydrogen-bond acceptors (Lipinski definition) is 5. The van der Waals surface area contributed by atoms with E-state index in [-0.39, 0.29) is 24.1 Å². The van der Waals surface area contributed by atoms with E-state index < -0.39 is 4.92 Å². The third kappa shape index (κ3) is 4.64. The van der Waals surface area contributed by atoms with E-state index in [1.165, 1.54) is 29.9 Å². The van der Waals surface area contributed by atoms with Gasteiger partial charge >= 0.3 is 0 Å². The molecule has 0 radical (unpaired) electrons. The number of thiophene rings is 1. The summed E-state index contributed by atoms with van der Waals surface area (Å²) in [5, 5.41) is 15.8. The zero-order valence-corrected chi connectivity index (χ0v) is 14.7. The Morgan fingerprint density at radius 2 is 1.96 bits per heavy atom. The van der Waals surface area contributed by atoms with Gasteiger partial charge in [-0.2, -0.15) is 0 Å². The summed E-state index contributed by atoms with van der Waals surface area (Å²) in [4.78, 5) is 26.2. The van der Waals surface area contributed by atoms with Gasteiger partial charge in [0, 0.05) is 23.6 Å². The molecule has 1 amide bonds. The summed E-state index contributed by atoms with van der Waals surface area (Å²) < 4.78 is 0. The lowest BCUT2D eigenvalue weighted by atomic mass is 10.1. The Hall–Kier alpha value is -2.25. The summed E-state index contributed by atoms with van der Waals surface area (Å²) in [5.74, 6) is -0.0605. The number of rotatable bonds is 7. The van der Waals surface area contributed by atoms with E-state index in [0.29, 0.717) is 6.54 Å². The second kappa shape index (κ2) is 8.22. The van der Waals surface area contributed by atoms with Gasteiger partial charge in [0.1, 0.15) is 0 Å². The van der Waals surface area contributed by atoms with Gasteiger partial charge in [0.25, 0.3) is 5.69 Å². The molecule has 6 nitrogen and oxygen atoms in total. The van der Waals surface area contributed by atoms with E-state index in [1.54, 1.807) is 23.5 Å². The monoisotopic (exact) mass is 359 g/mol. The summed E-state index contributed by atoms with van der Waals surface area (Å²) >= 11 is 1.72. The van der Waals surface area contributed by atoms with Crippen LogP contribution >= 0.6 is 11.3 Å². The van der Waals surface area contributed by atoms with Crippen LogP contribution in [0, 0.1) is 10.1 Å². The molecule has 1 aliphatic rings. The molecule has 1 aliphatic heterocycles. The number of nitro groups is 1. The molecule has 1 unspecified atom stereocenters. The standard InChI is InChI=1S/C18H21N3O3S/c22-18(12-14-5-7-15(8-6-14)21(23)24)19-13-16(17-4-3-11-25-17)20-9-1-2-10-20/h3-8,11,16H,1-2,9-10,12-13H2,(H,19,22). The number of carbonyl (C=O) groups excluding carboxylic acids is 1. The van der Waals surface area contributed by atoms with Crippen LogP contribution in [0.1, 0.15) is 29.3 Å². The number of likely N-dealkylation sites (tertiary alicyclic amines) is 1. The number of nitrogens with zero attached hydrogens (tertiary/aromatic N) is 2. The van der Waals surface area contributed by atoms with Crippen molar-refractivity contribution in [3.8, 4) is 0 Å². The van der Waals surface area contributed by atoms with Crippen molar-refractivity contribution in [3.63, 3.8) is 0 Å². The van der Waals surface area contributed by atoms with Crippen LogP contribution in [0.5, 0.6) is 0 Å². The van der Waals surface area contributed by atoms with E-state index in [0.717, 1.165) is 18.7 Å². The number of hydrogen-bond donors (Lipinski definition) is 1. The van der Waals surface area contributed by atoms with Gasteiger partial charge in [0.05, 0.1) is 17.4 Å². The summed E-state index contributed by atoms with van der Waals surface area (Å²) in [5.41, 5.74) is 0.813. The van der Waals surface area contributed by atoms with Crippen molar-refractivity contribution < 1.29 is 9.72 Å².